The molecule has 9 heteroatoms. The number of benzene rings is 1. The second-order valence-electron chi connectivity index (χ2n) is 7.59. The number of amides is 2. The Labute approximate surface area is 174 Å². The summed E-state index contributed by atoms with van der Waals surface area (Å²) in [6.45, 7) is 3.29. The largest absolute Gasteiger partial charge is 0.370 e. The molecule has 0 saturated carbocycles. The maximum absolute atomic E-state index is 13.1. The van der Waals surface area contributed by atoms with Crippen molar-refractivity contribution in [3.8, 4) is 0 Å². The van der Waals surface area contributed by atoms with Crippen molar-refractivity contribution in [3.05, 3.63) is 42.3 Å². The number of anilines is 3. The minimum absolute atomic E-state index is 0.131. The molecule has 2 saturated heterocycles. The van der Waals surface area contributed by atoms with E-state index in [4.69, 9.17) is 0 Å². The van der Waals surface area contributed by atoms with Crippen molar-refractivity contribution in [2.75, 3.05) is 47.8 Å². The fraction of sp³-hybridized carbons (Fsp3) is 0.429. The predicted octanol–water partition coefficient (Wildman–Crippen LogP) is 1.80. The molecule has 2 aromatic rings. The number of carbonyl (C=O) groups excluding carboxylic acids is 2. The summed E-state index contributed by atoms with van der Waals surface area (Å²) in [5.74, 6) is -0.392. The van der Waals surface area contributed by atoms with Gasteiger partial charge in [0, 0.05) is 50.9 Å². The number of aromatic nitrogens is 2. The van der Waals surface area contributed by atoms with Gasteiger partial charge in [-0.1, -0.05) is 0 Å². The van der Waals surface area contributed by atoms with Crippen LogP contribution in [0.2, 0.25) is 0 Å². The summed E-state index contributed by atoms with van der Waals surface area (Å²) < 4.78 is 13.1. The monoisotopic (exact) mass is 412 g/mol. The van der Waals surface area contributed by atoms with Crippen molar-refractivity contribution in [2.24, 2.45) is 5.92 Å². The van der Waals surface area contributed by atoms with E-state index in [0.717, 1.165) is 18.8 Å². The lowest BCUT2D eigenvalue weighted by atomic mass is 10.1. The molecule has 8 nitrogen and oxygen atoms in total. The molecule has 1 aromatic heterocycles. The lowest BCUT2D eigenvalue weighted by Gasteiger charge is -2.17. The zero-order chi connectivity index (χ0) is 20.9. The Morgan fingerprint density at radius 2 is 1.90 bits per heavy atom. The molecule has 0 aliphatic carbocycles. The van der Waals surface area contributed by atoms with E-state index in [1.165, 1.54) is 29.9 Å². The summed E-state index contributed by atoms with van der Waals surface area (Å²) in [7, 11) is 0. The van der Waals surface area contributed by atoms with Crippen LogP contribution in [0, 0.1) is 11.7 Å². The van der Waals surface area contributed by atoms with Gasteiger partial charge in [-0.05, 0) is 37.1 Å². The molecular weight excluding hydrogens is 387 g/mol. The predicted molar refractivity (Wildman–Crippen MR) is 112 cm³/mol. The summed E-state index contributed by atoms with van der Waals surface area (Å²) >= 11 is 0. The van der Waals surface area contributed by atoms with E-state index in [1.54, 1.807) is 18.3 Å². The quantitative estimate of drug-likeness (QED) is 0.674. The van der Waals surface area contributed by atoms with Crippen LogP contribution in [0.1, 0.15) is 19.3 Å². The van der Waals surface area contributed by atoms with Crippen LogP contribution in [0.3, 0.4) is 0 Å². The van der Waals surface area contributed by atoms with Crippen molar-refractivity contribution >= 4 is 29.0 Å². The number of carbonyl (C=O) groups is 2. The second kappa shape index (κ2) is 9.06. The van der Waals surface area contributed by atoms with Crippen molar-refractivity contribution in [1.29, 1.82) is 0 Å². The Bertz CT molecular complexity index is 901. The van der Waals surface area contributed by atoms with E-state index < -0.39 is 5.92 Å². The average molecular weight is 412 g/mol. The molecule has 0 bridgehead atoms. The molecule has 0 radical (unpaired) electrons. The summed E-state index contributed by atoms with van der Waals surface area (Å²) in [5, 5.41) is 14.2. The van der Waals surface area contributed by atoms with Gasteiger partial charge >= 0.3 is 0 Å². The summed E-state index contributed by atoms with van der Waals surface area (Å²) in [6.07, 6.45) is 4.31. The Morgan fingerprint density at radius 3 is 2.67 bits per heavy atom. The summed E-state index contributed by atoms with van der Waals surface area (Å²) in [4.78, 5) is 28.5. The molecule has 2 amide bonds. The van der Waals surface area contributed by atoms with Crippen LogP contribution < -0.4 is 20.4 Å². The van der Waals surface area contributed by atoms with Crippen LogP contribution in [-0.4, -0.2) is 54.7 Å². The fourth-order valence-corrected chi connectivity index (χ4v) is 3.87. The van der Waals surface area contributed by atoms with Gasteiger partial charge in [-0.3, -0.25) is 9.59 Å². The highest BCUT2D eigenvalue weighted by atomic mass is 19.1. The van der Waals surface area contributed by atoms with E-state index in [9.17, 15) is 14.0 Å². The first-order valence-corrected chi connectivity index (χ1v) is 10.3. The van der Waals surface area contributed by atoms with Gasteiger partial charge in [0.2, 0.25) is 11.8 Å². The van der Waals surface area contributed by atoms with Gasteiger partial charge in [0.15, 0.2) is 5.82 Å². The van der Waals surface area contributed by atoms with Gasteiger partial charge < -0.3 is 20.4 Å². The maximum atomic E-state index is 13.1. The first kappa shape index (κ1) is 20.1. The molecule has 2 fully saturated rings. The van der Waals surface area contributed by atoms with Gasteiger partial charge in [0.05, 0.1) is 17.8 Å². The topological polar surface area (TPSA) is 90.5 Å². The SMILES string of the molecule is O=C(NCCNc1cc(N2CCCC2)cnn1)C1CC(=O)N(c2ccc(F)cc2)C1. The fourth-order valence-electron chi connectivity index (χ4n) is 3.87. The number of nitrogens with zero attached hydrogens (tertiary/aromatic N) is 4. The first-order valence-electron chi connectivity index (χ1n) is 10.3. The number of rotatable bonds is 7. The molecular formula is C21H25FN6O2. The Morgan fingerprint density at radius 1 is 1.13 bits per heavy atom. The average Bonchev–Trinajstić information content (AvgIpc) is 3.42. The highest BCUT2D eigenvalue weighted by Gasteiger charge is 2.34. The number of halogens is 1. The number of hydrogen-bond donors (Lipinski definition) is 2. The standard InChI is InChI=1S/C21H25FN6O2/c22-16-3-5-17(6-4-16)28-14-15(11-20(28)29)21(30)24-8-7-23-19-12-18(13-25-26-19)27-9-1-2-10-27/h3-6,12-13,15H,1-2,7-11,14H2,(H,23,26)(H,24,30). The Kier molecular flexibility index (Phi) is 6.06. The van der Waals surface area contributed by atoms with E-state index in [1.807, 2.05) is 6.07 Å². The second-order valence-corrected chi connectivity index (χ2v) is 7.59. The normalized spacial score (nSPS) is 18.7. The van der Waals surface area contributed by atoms with E-state index in [2.05, 4.69) is 25.7 Å². The smallest absolute Gasteiger partial charge is 0.227 e. The van der Waals surface area contributed by atoms with E-state index in [-0.39, 0.29) is 24.1 Å². The highest BCUT2D eigenvalue weighted by molar-refractivity contribution is 6.00. The van der Waals surface area contributed by atoms with Crippen molar-refractivity contribution in [3.63, 3.8) is 0 Å². The highest BCUT2D eigenvalue weighted by Crippen LogP contribution is 2.25. The maximum Gasteiger partial charge on any atom is 0.227 e. The van der Waals surface area contributed by atoms with Gasteiger partial charge in [-0.25, -0.2) is 4.39 Å². The molecule has 1 aromatic carbocycles. The third-order valence-corrected chi connectivity index (χ3v) is 5.48. The molecule has 30 heavy (non-hydrogen) atoms. The molecule has 1 atom stereocenters. The Hall–Kier alpha value is -3.23. The van der Waals surface area contributed by atoms with Crippen LogP contribution in [0.4, 0.5) is 21.6 Å². The zero-order valence-corrected chi connectivity index (χ0v) is 16.7. The van der Waals surface area contributed by atoms with Gasteiger partial charge in [0.25, 0.3) is 0 Å². The first-order chi connectivity index (χ1) is 14.6. The van der Waals surface area contributed by atoms with Crippen LogP contribution in [0.25, 0.3) is 0 Å². The molecule has 3 heterocycles. The van der Waals surface area contributed by atoms with Crippen LogP contribution in [0.15, 0.2) is 36.5 Å². The molecule has 2 N–H and O–H groups in total. The van der Waals surface area contributed by atoms with Gasteiger partial charge in [-0.2, -0.15) is 5.10 Å². The van der Waals surface area contributed by atoms with E-state index >= 15 is 0 Å². The minimum atomic E-state index is -0.416. The Balaban J connectivity index is 1.23. The van der Waals surface area contributed by atoms with Crippen LogP contribution in [0.5, 0.6) is 0 Å². The zero-order valence-electron chi connectivity index (χ0n) is 16.7. The number of hydrogen-bond acceptors (Lipinski definition) is 6. The number of nitrogens with one attached hydrogen (secondary N) is 2. The van der Waals surface area contributed by atoms with Crippen molar-refractivity contribution in [2.45, 2.75) is 19.3 Å². The third-order valence-electron chi connectivity index (χ3n) is 5.48. The van der Waals surface area contributed by atoms with Gasteiger partial charge in [-0.15, -0.1) is 5.10 Å². The van der Waals surface area contributed by atoms with Crippen molar-refractivity contribution in [1.82, 2.24) is 15.5 Å². The molecule has 1 unspecified atom stereocenters. The van der Waals surface area contributed by atoms with Crippen molar-refractivity contribution < 1.29 is 14.0 Å². The van der Waals surface area contributed by atoms with Crippen LogP contribution in [-0.2, 0) is 9.59 Å². The molecule has 2 aliphatic rings. The molecule has 158 valence electrons. The minimum Gasteiger partial charge on any atom is -0.370 e. The third kappa shape index (κ3) is 4.67. The summed E-state index contributed by atoms with van der Waals surface area (Å²) in [6, 6.07) is 7.69. The molecule has 0 spiro atoms. The lowest BCUT2D eigenvalue weighted by Crippen LogP contribution is -2.35. The van der Waals surface area contributed by atoms with Crippen LogP contribution >= 0.6 is 0 Å². The van der Waals surface area contributed by atoms with Gasteiger partial charge in [0.1, 0.15) is 5.82 Å². The lowest BCUT2D eigenvalue weighted by molar-refractivity contribution is -0.126. The van der Waals surface area contributed by atoms with E-state index in [0.29, 0.717) is 31.1 Å². The molecule has 2 aliphatic heterocycles. The molecule has 4 rings (SSSR count). The summed E-state index contributed by atoms with van der Waals surface area (Å²) in [5.41, 5.74) is 1.66.